The Morgan fingerprint density at radius 2 is 1.60 bits per heavy atom. The van der Waals surface area contributed by atoms with Crippen LogP contribution in [-0.2, 0) is 6.42 Å². The molecule has 25 heavy (non-hydrogen) atoms. The molecule has 0 aliphatic heterocycles. The molecule has 0 unspecified atom stereocenters. The average molecular weight is 354 g/mol. The topological polar surface area (TPSA) is 75.9 Å². The molecule has 0 radical (unpaired) electrons. The van der Waals surface area contributed by atoms with Gasteiger partial charge in [-0.05, 0) is 42.7 Å². The second kappa shape index (κ2) is 7.40. The Morgan fingerprint density at radius 3 is 2.32 bits per heavy atom. The van der Waals surface area contributed by atoms with E-state index in [1.807, 2.05) is 43.3 Å². The average Bonchev–Trinajstić information content (AvgIpc) is 2.62. The van der Waals surface area contributed by atoms with Crippen LogP contribution in [0.4, 0.5) is 28.7 Å². The summed E-state index contributed by atoms with van der Waals surface area (Å²) in [7, 11) is 0. The Morgan fingerprint density at radius 1 is 0.960 bits per heavy atom. The second-order valence-electron chi connectivity index (χ2n) is 5.66. The molecule has 0 aliphatic carbocycles. The summed E-state index contributed by atoms with van der Waals surface area (Å²) in [5, 5.41) is 7.23. The number of aryl methyl sites for hydroxylation is 1. The number of nitrogens with one attached hydrogen (secondary N) is 2. The van der Waals surface area contributed by atoms with E-state index in [1.165, 1.54) is 11.9 Å². The summed E-state index contributed by atoms with van der Waals surface area (Å²) < 4.78 is 0. The van der Waals surface area contributed by atoms with Crippen molar-refractivity contribution in [2.45, 2.75) is 20.3 Å². The zero-order valence-electron chi connectivity index (χ0n) is 14.2. The zero-order valence-corrected chi connectivity index (χ0v) is 14.9. The van der Waals surface area contributed by atoms with Crippen molar-refractivity contribution >= 4 is 40.3 Å². The van der Waals surface area contributed by atoms with E-state index >= 15 is 0 Å². The van der Waals surface area contributed by atoms with Crippen LogP contribution in [0.15, 0.2) is 48.8 Å². The first-order valence-corrected chi connectivity index (χ1v) is 8.45. The van der Waals surface area contributed by atoms with Crippen molar-refractivity contribution in [3.05, 3.63) is 64.9 Å². The Kier molecular flexibility index (Phi) is 5.05. The molecular formula is C19H20ClN5. The summed E-state index contributed by atoms with van der Waals surface area (Å²) in [6.07, 6.45) is 2.40. The van der Waals surface area contributed by atoms with Crippen LogP contribution in [0, 0.1) is 6.92 Å². The van der Waals surface area contributed by atoms with Crippen LogP contribution < -0.4 is 16.4 Å². The van der Waals surface area contributed by atoms with Crippen LogP contribution in [0.1, 0.15) is 18.1 Å². The standard InChI is InChI=1S/C19H20ClN5/c1-3-13-7-4-5-9-16(13)25-19-17(21)18(22-11-23-19)24-15-10-6-8-14(20)12(15)2/h4-11H,3,21H2,1-2H3,(H2,22,23,24,25). The molecule has 5 nitrogen and oxygen atoms in total. The molecule has 0 fully saturated rings. The Hall–Kier alpha value is -2.79. The SMILES string of the molecule is CCc1ccccc1Nc1ncnc(Nc2cccc(Cl)c2C)c1N. The fourth-order valence-electron chi connectivity index (χ4n) is 2.54. The molecule has 0 saturated carbocycles. The number of hydrogen-bond acceptors (Lipinski definition) is 5. The highest BCUT2D eigenvalue weighted by atomic mass is 35.5. The molecule has 0 amide bonds. The number of aromatic nitrogens is 2. The van der Waals surface area contributed by atoms with Crippen LogP contribution in [-0.4, -0.2) is 9.97 Å². The third kappa shape index (κ3) is 3.67. The van der Waals surface area contributed by atoms with E-state index in [9.17, 15) is 0 Å². The molecule has 3 aromatic rings. The smallest absolute Gasteiger partial charge is 0.159 e. The molecule has 4 N–H and O–H groups in total. The van der Waals surface area contributed by atoms with Gasteiger partial charge in [-0.2, -0.15) is 0 Å². The monoisotopic (exact) mass is 353 g/mol. The number of anilines is 5. The van der Waals surface area contributed by atoms with E-state index < -0.39 is 0 Å². The number of rotatable bonds is 5. The van der Waals surface area contributed by atoms with E-state index in [2.05, 4.69) is 33.6 Å². The van der Waals surface area contributed by atoms with Crippen molar-refractivity contribution in [1.29, 1.82) is 0 Å². The maximum atomic E-state index is 6.28. The highest BCUT2D eigenvalue weighted by molar-refractivity contribution is 6.31. The number of nitrogen functional groups attached to an aromatic ring is 1. The van der Waals surface area contributed by atoms with Crippen LogP contribution in [0.5, 0.6) is 0 Å². The van der Waals surface area contributed by atoms with Gasteiger partial charge in [0.2, 0.25) is 0 Å². The molecule has 1 aromatic heterocycles. The third-order valence-corrected chi connectivity index (χ3v) is 4.47. The molecular weight excluding hydrogens is 334 g/mol. The lowest BCUT2D eigenvalue weighted by Gasteiger charge is -2.15. The lowest BCUT2D eigenvalue weighted by molar-refractivity contribution is 1.13. The van der Waals surface area contributed by atoms with Gasteiger partial charge in [0.05, 0.1) is 0 Å². The molecule has 0 spiro atoms. The summed E-state index contributed by atoms with van der Waals surface area (Å²) >= 11 is 6.18. The number of benzene rings is 2. The number of hydrogen-bond donors (Lipinski definition) is 3. The molecule has 1 heterocycles. The molecule has 6 heteroatoms. The fourth-order valence-corrected chi connectivity index (χ4v) is 2.72. The second-order valence-corrected chi connectivity index (χ2v) is 6.06. The maximum absolute atomic E-state index is 6.28. The van der Waals surface area contributed by atoms with E-state index in [0.717, 1.165) is 23.4 Å². The predicted molar refractivity (Wildman–Crippen MR) is 105 cm³/mol. The molecule has 0 atom stereocenters. The Labute approximate surface area is 152 Å². The van der Waals surface area contributed by atoms with Gasteiger partial charge in [-0.3, -0.25) is 0 Å². The summed E-state index contributed by atoms with van der Waals surface area (Å²) in [5.41, 5.74) is 10.7. The summed E-state index contributed by atoms with van der Waals surface area (Å²) in [6, 6.07) is 13.7. The van der Waals surface area contributed by atoms with Gasteiger partial charge in [0.15, 0.2) is 11.6 Å². The molecule has 0 saturated heterocycles. The fraction of sp³-hybridized carbons (Fsp3) is 0.158. The minimum absolute atomic E-state index is 0.452. The summed E-state index contributed by atoms with van der Waals surface area (Å²) in [6.45, 7) is 4.05. The van der Waals surface area contributed by atoms with E-state index in [0.29, 0.717) is 22.3 Å². The van der Waals surface area contributed by atoms with Crippen molar-refractivity contribution in [3.8, 4) is 0 Å². The first-order chi connectivity index (χ1) is 12.1. The lowest BCUT2D eigenvalue weighted by atomic mass is 10.1. The van der Waals surface area contributed by atoms with Gasteiger partial charge in [-0.1, -0.05) is 42.8 Å². The normalized spacial score (nSPS) is 10.5. The van der Waals surface area contributed by atoms with E-state index in [-0.39, 0.29) is 0 Å². The molecule has 0 bridgehead atoms. The van der Waals surface area contributed by atoms with Crippen molar-refractivity contribution in [2.24, 2.45) is 0 Å². The van der Waals surface area contributed by atoms with Crippen molar-refractivity contribution in [3.63, 3.8) is 0 Å². The lowest BCUT2D eigenvalue weighted by Crippen LogP contribution is -2.06. The van der Waals surface area contributed by atoms with E-state index in [4.69, 9.17) is 17.3 Å². The maximum Gasteiger partial charge on any atom is 0.159 e. The van der Waals surface area contributed by atoms with Gasteiger partial charge < -0.3 is 16.4 Å². The zero-order chi connectivity index (χ0) is 17.8. The van der Waals surface area contributed by atoms with Crippen LogP contribution in [0.25, 0.3) is 0 Å². The van der Waals surface area contributed by atoms with Gasteiger partial charge in [0.25, 0.3) is 0 Å². The van der Waals surface area contributed by atoms with Crippen molar-refractivity contribution < 1.29 is 0 Å². The predicted octanol–water partition coefficient (Wildman–Crippen LogP) is 5.07. The van der Waals surface area contributed by atoms with Gasteiger partial charge in [-0.15, -0.1) is 0 Å². The van der Waals surface area contributed by atoms with E-state index in [1.54, 1.807) is 0 Å². The quantitative estimate of drug-likeness (QED) is 0.597. The van der Waals surface area contributed by atoms with Crippen molar-refractivity contribution in [1.82, 2.24) is 9.97 Å². The highest BCUT2D eigenvalue weighted by Crippen LogP contribution is 2.31. The Balaban J connectivity index is 1.91. The van der Waals surface area contributed by atoms with Gasteiger partial charge >= 0.3 is 0 Å². The summed E-state index contributed by atoms with van der Waals surface area (Å²) in [4.78, 5) is 8.54. The minimum Gasteiger partial charge on any atom is -0.393 e. The number of nitrogens with zero attached hydrogens (tertiary/aromatic N) is 2. The largest absolute Gasteiger partial charge is 0.393 e. The van der Waals surface area contributed by atoms with Crippen LogP contribution >= 0.6 is 11.6 Å². The number of halogens is 1. The van der Waals surface area contributed by atoms with Crippen LogP contribution in [0.2, 0.25) is 5.02 Å². The summed E-state index contributed by atoms with van der Waals surface area (Å²) in [5.74, 6) is 1.11. The molecule has 0 aliphatic rings. The van der Waals surface area contributed by atoms with Crippen molar-refractivity contribution in [2.75, 3.05) is 16.4 Å². The first-order valence-electron chi connectivity index (χ1n) is 8.07. The molecule has 3 rings (SSSR count). The number of para-hydroxylation sites is 1. The Bertz CT molecular complexity index is 895. The molecule has 2 aromatic carbocycles. The first kappa shape index (κ1) is 17.0. The van der Waals surface area contributed by atoms with Gasteiger partial charge in [0.1, 0.15) is 12.0 Å². The number of nitrogens with two attached hydrogens (primary N) is 1. The minimum atomic E-state index is 0.452. The van der Waals surface area contributed by atoms with Gasteiger partial charge in [-0.25, -0.2) is 9.97 Å². The van der Waals surface area contributed by atoms with Gasteiger partial charge in [0, 0.05) is 16.4 Å². The van der Waals surface area contributed by atoms with Crippen LogP contribution in [0.3, 0.4) is 0 Å². The molecule has 128 valence electrons. The third-order valence-electron chi connectivity index (χ3n) is 4.06. The highest BCUT2D eigenvalue weighted by Gasteiger charge is 2.11.